The Morgan fingerprint density at radius 2 is 1.72 bits per heavy atom. The quantitative estimate of drug-likeness (QED) is 0.487. The predicted octanol–water partition coefficient (Wildman–Crippen LogP) is 6.19. The maximum Gasteiger partial charge on any atom is 0.107 e. The minimum Gasteiger partial charge on any atom is -0.388 e. The summed E-state index contributed by atoms with van der Waals surface area (Å²) in [6.45, 7) is 15.2. The molecule has 0 saturated heterocycles. The van der Waals surface area contributed by atoms with E-state index < -0.39 is 12.2 Å². The van der Waals surface area contributed by atoms with Crippen molar-refractivity contribution >= 4 is 22.6 Å². The summed E-state index contributed by atoms with van der Waals surface area (Å²) < 4.78 is 0.965. The van der Waals surface area contributed by atoms with Crippen LogP contribution in [0, 0.1) is 8.99 Å². The number of aromatic nitrogens is 1. The molecule has 1 aromatic heterocycles. The Morgan fingerprint density at radius 1 is 1.14 bits per heavy atom. The lowest BCUT2D eigenvalue weighted by Gasteiger charge is -2.36. The van der Waals surface area contributed by atoms with Gasteiger partial charge in [0.25, 0.3) is 0 Å². The van der Waals surface area contributed by atoms with Crippen LogP contribution in [-0.2, 0) is 11.8 Å². The van der Waals surface area contributed by atoms with Gasteiger partial charge in [0.1, 0.15) is 6.10 Å². The van der Waals surface area contributed by atoms with Crippen molar-refractivity contribution in [2.45, 2.75) is 84.8 Å². The molecule has 4 heteroatoms. The van der Waals surface area contributed by atoms with Gasteiger partial charge in [-0.2, -0.15) is 0 Å². The van der Waals surface area contributed by atoms with Gasteiger partial charge in [-0.1, -0.05) is 72.7 Å². The third kappa shape index (κ3) is 4.54. The summed E-state index contributed by atoms with van der Waals surface area (Å²) in [6, 6.07) is 8.24. The van der Waals surface area contributed by atoms with Crippen LogP contribution in [0.2, 0.25) is 0 Å². The molecule has 2 aromatic rings. The molecule has 2 N–H and O–H groups in total. The van der Waals surface area contributed by atoms with Crippen molar-refractivity contribution in [1.82, 2.24) is 4.98 Å². The van der Waals surface area contributed by atoms with Gasteiger partial charge in [0.05, 0.1) is 11.8 Å². The van der Waals surface area contributed by atoms with Crippen molar-refractivity contribution in [3.05, 3.63) is 61.5 Å². The third-order valence-electron chi connectivity index (χ3n) is 5.95. The van der Waals surface area contributed by atoms with Crippen LogP contribution >= 0.6 is 22.6 Å². The Kier molecular flexibility index (Phi) is 6.21. The average Bonchev–Trinajstić information content (AvgIpc) is 2.58. The molecule has 1 heterocycles. The van der Waals surface area contributed by atoms with Crippen molar-refractivity contribution in [2.24, 2.45) is 5.41 Å². The van der Waals surface area contributed by atoms with Gasteiger partial charge >= 0.3 is 0 Å². The lowest BCUT2D eigenvalue weighted by atomic mass is 9.74. The third-order valence-corrected chi connectivity index (χ3v) is 7.12. The van der Waals surface area contributed by atoms with Crippen molar-refractivity contribution < 1.29 is 10.2 Å². The molecule has 3 rings (SSSR count). The molecule has 0 bridgehead atoms. The summed E-state index contributed by atoms with van der Waals surface area (Å²) in [4.78, 5) is 5.00. The van der Waals surface area contributed by atoms with Crippen molar-refractivity contribution in [1.29, 1.82) is 0 Å². The predicted molar refractivity (Wildman–Crippen MR) is 127 cm³/mol. The Balaban J connectivity index is 2.12. The van der Waals surface area contributed by atoms with Gasteiger partial charge in [0.2, 0.25) is 0 Å². The van der Waals surface area contributed by atoms with E-state index >= 15 is 0 Å². The van der Waals surface area contributed by atoms with Crippen LogP contribution in [0.3, 0.4) is 0 Å². The van der Waals surface area contributed by atoms with Crippen LogP contribution in [0.25, 0.3) is 0 Å². The molecule has 1 aliphatic rings. The fraction of sp³-hybridized carbons (Fsp3) is 0.560. The number of benzene rings is 1. The van der Waals surface area contributed by atoms with E-state index in [2.05, 4.69) is 83.2 Å². The Hall–Kier alpha value is -0.980. The van der Waals surface area contributed by atoms with Gasteiger partial charge in [-0.05, 0) is 63.3 Å². The topological polar surface area (TPSA) is 53.4 Å². The molecule has 1 aromatic carbocycles. The largest absolute Gasteiger partial charge is 0.388 e. The van der Waals surface area contributed by atoms with Crippen LogP contribution in [0.1, 0.15) is 107 Å². The first kappa shape index (κ1) is 22.7. The SMILES string of the molecule is CC(C)c1nc2c(c(I)c1C(O)c1ccc(C(C)(C)C)cc1)[C@@H](O)CC(C)(C)C2. The first-order valence-electron chi connectivity index (χ1n) is 10.5. The Labute approximate surface area is 189 Å². The van der Waals surface area contributed by atoms with E-state index in [0.29, 0.717) is 6.42 Å². The van der Waals surface area contributed by atoms with E-state index in [-0.39, 0.29) is 16.7 Å². The number of aliphatic hydroxyl groups is 2. The number of hydrogen-bond donors (Lipinski definition) is 2. The molecule has 0 saturated carbocycles. The van der Waals surface area contributed by atoms with Gasteiger partial charge in [0.15, 0.2) is 0 Å². The number of rotatable bonds is 3. The van der Waals surface area contributed by atoms with E-state index in [4.69, 9.17) is 4.98 Å². The first-order valence-corrected chi connectivity index (χ1v) is 11.6. The maximum absolute atomic E-state index is 11.4. The highest BCUT2D eigenvalue weighted by molar-refractivity contribution is 14.1. The van der Waals surface area contributed by atoms with Crippen LogP contribution in [0.15, 0.2) is 24.3 Å². The van der Waals surface area contributed by atoms with E-state index in [1.807, 2.05) is 12.1 Å². The highest BCUT2D eigenvalue weighted by atomic mass is 127. The average molecular weight is 507 g/mol. The van der Waals surface area contributed by atoms with Gasteiger partial charge in [-0.15, -0.1) is 0 Å². The van der Waals surface area contributed by atoms with E-state index in [9.17, 15) is 10.2 Å². The second kappa shape index (κ2) is 7.93. The van der Waals surface area contributed by atoms with Gasteiger partial charge < -0.3 is 10.2 Å². The highest BCUT2D eigenvalue weighted by Gasteiger charge is 2.36. The van der Waals surface area contributed by atoms with E-state index in [1.54, 1.807) is 0 Å². The molecule has 29 heavy (non-hydrogen) atoms. The van der Waals surface area contributed by atoms with Crippen LogP contribution in [-0.4, -0.2) is 15.2 Å². The van der Waals surface area contributed by atoms with Crippen LogP contribution in [0.4, 0.5) is 0 Å². The molecule has 1 aliphatic carbocycles. The number of pyridine rings is 1. The number of hydrogen-bond acceptors (Lipinski definition) is 3. The number of nitrogens with zero attached hydrogens (tertiary/aromatic N) is 1. The molecule has 2 atom stereocenters. The molecule has 0 amide bonds. The second-order valence-corrected chi connectivity index (χ2v) is 11.7. The Morgan fingerprint density at radius 3 is 2.24 bits per heavy atom. The van der Waals surface area contributed by atoms with Gasteiger partial charge in [-0.3, -0.25) is 4.98 Å². The smallest absolute Gasteiger partial charge is 0.107 e. The van der Waals surface area contributed by atoms with Crippen LogP contribution in [0.5, 0.6) is 0 Å². The number of aliphatic hydroxyl groups excluding tert-OH is 2. The zero-order chi connectivity index (χ0) is 21.7. The molecule has 0 aliphatic heterocycles. The summed E-state index contributed by atoms with van der Waals surface area (Å²) in [5.74, 6) is 0.189. The zero-order valence-corrected chi connectivity index (χ0v) is 20.8. The second-order valence-electron chi connectivity index (χ2n) is 10.6. The number of halogens is 1. The normalized spacial score (nSPS) is 19.9. The summed E-state index contributed by atoms with van der Waals surface area (Å²) in [7, 11) is 0. The highest BCUT2D eigenvalue weighted by Crippen LogP contribution is 2.45. The van der Waals surface area contributed by atoms with Gasteiger partial charge in [-0.25, -0.2) is 0 Å². The minimum absolute atomic E-state index is 0.0274. The number of fused-ring (bicyclic) bond motifs is 1. The molecule has 0 radical (unpaired) electrons. The fourth-order valence-corrected chi connectivity index (χ4v) is 5.55. The molecular weight excluding hydrogens is 473 g/mol. The Bertz CT molecular complexity index is 895. The maximum atomic E-state index is 11.4. The first-order chi connectivity index (χ1) is 13.3. The fourth-order valence-electron chi connectivity index (χ4n) is 4.31. The molecule has 158 valence electrons. The molecular formula is C25H34INO2. The molecule has 0 fully saturated rings. The van der Waals surface area contributed by atoms with E-state index in [1.165, 1.54) is 5.56 Å². The standard InChI is InChI=1S/C25H34INO2/c1-14(2)22-20(23(29)15-8-10-16(11-9-15)24(3,4)5)21(26)19-17(27-22)12-25(6,7)13-18(19)28/h8-11,14,18,23,28-29H,12-13H2,1-7H3/t18-,23?/m0/s1. The minimum atomic E-state index is -0.756. The van der Waals surface area contributed by atoms with Crippen molar-refractivity contribution in [3.63, 3.8) is 0 Å². The van der Waals surface area contributed by atoms with Gasteiger partial charge in [0, 0.05) is 20.4 Å². The van der Waals surface area contributed by atoms with Crippen molar-refractivity contribution in [3.8, 4) is 0 Å². The van der Waals surface area contributed by atoms with Crippen molar-refractivity contribution in [2.75, 3.05) is 0 Å². The molecule has 3 nitrogen and oxygen atoms in total. The van der Waals surface area contributed by atoms with E-state index in [0.717, 1.165) is 38.1 Å². The lowest BCUT2D eigenvalue weighted by molar-refractivity contribution is 0.0966. The zero-order valence-electron chi connectivity index (χ0n) is 18.7. The monoisotopic (exact) mass is 507 g/mol. The summed E-state index contributed by atoms with van der Waals surface area (Å²) in [6.07, 6.45) is 0.275. The van der Waals surface area contributed by atoms with Crippen LogP contribution < -0.4 is 0 Å². The molecule has 0 spiro atoms. The molecule has 1 unspecified atom stereocenters. The lowest BCUT2D eigenvalue weighted by Crippen LogP contribution is -2.29. The summed E-state index contributed by atoms with van der Waals surface area (Å²) >= 11 is 2.31. The summed E-state index contributed by atoms with van der Waals surface area (Å²) in [5, 5.41) is 22.2. The summed E-state index contributed by atoms with van der Waals surface area (Å²) in [5.41, 5.74) is 5.89.